The lowest BCUT2D eigenvalue weighted by atomic mass is 9.94. The molecule has 2 N–H and O–H groups in total. The molecule has 128 valence electrons. The minimum Gasteiger partial charge on any atom is -0.455 e. The van der Waals surface area contributed by atoms with Gasteiger partial charge in [0, 0.05) is 25.7 Å². The van der Waals surface area contributed by atoms with Gasteiger partial charge in [0.15, 0.2) is 5.76 Å². The summed E-state index contributed by atoms with van der Waals surface area (Å²) >= 11 is 0. The maximum Gasteiger partial charge on any atom is 0.289 e. The van der Waals surface area contributed by atoms with Gasteiger partial charge in [-0.1, -0.05) is 6.42 Å². The van der Waals surface area contributed by atoms with Crippen molar-refractivity contribution in [3.63, 3.8) is 0 Å². The van der Waals surface area contributed by atoms with E-state index < -0.39 is 0 Å². The highest BCUT2D eigenvalue weighted by Gasteiger charge is 2.29. The van der Waals surface area contributed by atoms with Crippen LogP contribution in [-0.4, -0.2) is 47.9 Å². The van der Waals surface area contributed by atoms with E-state index in [1.807, 2.05) is 4.90 Å². The summed E-state index contributed by atoms with van der Waals surface area (Å²) in [6.07, 6.45) is 6.29. The van der Waals surface area contributed by atoms with Crippen LogP contribution >= 0.6 is 0 Å². The van der Waals surface area contributed by atoms with Crippen LogP contribution in [0.3, 0.4) is 0 Å². The molecular weight excluding hydrogens is 290 g/mol. The lowest BCUT2D eigenvalue weighted by Crippen LogP contribution is -2.46. The maximum atomic E-state index is 12.6. The molecule has 2 aliphatic heterocycles. The van der Waals surface area contributed by atoms with Gasteiger partial charge in [0.25, 0.3) is 5.91 Å². The van der Waals surface area contributed by atoms with Crippen molar-refractivity contribution >= 4 is 5.91 Å². The van der Waals surface area contributed by atoms with E-state index in [0.717, 1.165) is 26.1 Å². The van der Waals surface area contributed by atoms with Gasteiger partial charge < -0.3 is 20.0 Å². The van der Waals surface area contributed by atoms with Crippen molar-refractivity contribution in [3.05, 3.63) is 23.7 Å². The van der Waals surface area contributed by atoms with Gasteiger partial charge in [-0.2, -0.15) is 0 Å². The lowest BCUT2D eigenvalue weighted by molar-refractivity contribution is 0.0565. The Kier molecular flexibility index (Phi) is 5.38. The summed E-state index contributed by atoms with van der Waals surface area (Å²) in [4.78, 5) is 17.2. The zero-order valence-electron chi connectivity index (χ0n) is 14.2. The molecule has 0 spiro atoms. The van der Waals surface area contributed by atoms with E-state index in [0.29, 0.717) is 30.0 Å². The van der Waals surface area contributed by atoms with Crippen molar-refractivity contribution in [1.82, 2.24) is 9.80 Å². The van der Waals surface area contributed by atoms with E-state index >= 15 is 0 Å². The van der Waals surface area contributed by atoms with Gasteiger partial charge in [0.05, 0.1) is 6.54 Å². The van der Waals surface area contributed by atoms with Crippen LogP contribution in [0.4, 0.5) is 0 Å². The summed E-state index contributed by atoms with van der Waals surface area (Å²) < 4.78 is 5.52. The molecule has 0 aliphatic carbocycles. The SMILES string of the molecule is C[C@@H]1CCCCN1C[C@H]1CCCN(C(=O)c2ccc(CN)o2)C1. The normalized spacial score (nSPS) is 26.4. The number of carbonyl (C=O) groups excluding carboxylic acids is 1. The fourth-order valence-electron chi connectivity index (χ4n) is 3.92. The predicted molar refractivity (Wildman–Crippen MR) is 90.1 cm³/mol. The molecule has 2 fully saturated rings. The smallest absolute Gasteiger partial charge is 0.289 e. The Hall–Kier alpha value is -1.33. The second-order valence-corrected chi connectivity index (χ2v) is 7.07. The summed E-state index contributed by atoms with van der Waals surface area (Å²) in [6.45, 7) is 6.69. The predicted octanol–water partition coefficient (Wildman–Crippen LogP) is 2.46. The molecule has 23 heavy (non-hydrogen) atoms. The molecule has 1 aromatic heterocycles. The molecule has 0 radical (unpaired) electrons. The van der Waals surface area contributed by atoms with E-state index in [1.54, 1.807) is 12.1 Å². The third kappa shape index (κ3) is 3.96. The van der Waals surface area contributed by atoms with Crippen LogP contribution < -0.4 is 5.73 Å². The minimum absolute atomic E-state index is 0.0149. The largest absolute Gasteiger partial charge is 0.455 e. The first kappa shape index (κ1) is 16.5. The Labute approximate surface area is 138 Å². The van der Waals surface area contributed by atoms with Crippen LogP contribution in [-0.2, 0) is 6.54 Å². The molecule has 0 unspecified atom stereocenters. The van der Waals surface area contributed by atoms with Gasteiger partial charge in [-0.25, -0.2) is 0 Å². The number of furan rings is 1. The third-order valence-corrected chi connectivity index (χ3v) is 5.31. The third-order valence-electron chi connectivity index (χ3n) is 5.31. The van der Waals surface area contributed by atoms with Crippen molar-refractivity contribution in [1.29, 1.82) is 0 Å². The van der Waals surface area contributed by atoms with Crippen LogP contribution in [0.25, 0.3) is 0 Å². The van der Waals surface area contributed by atoms with E-state index in [4.69, 9.17) is 10.2 Å². The van der Waals surface area contributed by atoms with Crippen molar-refractivity contribution in [2.24, 2.45) is 11.7 Å². The van der Waals surface area contributed by atoms with Gasteiger partial charge in [-0.15, -0.1) is 0 Å². The molecule has 1 amide bonds. The number of nitrogens with two attached hydrogens (primary N) is 1. The average molecular weight is 319 g/mol. The van der Waals surface area contributed by atoms with Crippen molar-refractivity contribution in [2.45, 2.75) is 51.6 Å². The number of likely N-dealkylation sites (tertiary alicyclic amines) is 2. The second-order valence-electron chi connectivity index (χ2n) is 7.07. The summed E-state index contributed by atoms with van der Waals surface area (Å²) in [6, 6.07) is 4.23. The van der Waals surface area contributed by atoms with Gasteiger partial charge in [0.1, 0.15) is 5.76 Å². The van der Waals surface area contributed by atoms with Gasteiger partial charge in [-0.05, 0) is 57.2 Å². The molecule has 2 aliphatic rings. The molecule has 0 aromatic carbocycles. The summed E-state index contributed by atoms with van der Waals surface area (Å²) in [5.41, 5.74) is 5.56. The van der Waals surface area contributed by atoms with Crippen molar-refractivity contribution < 1.29 is 9.21 Å². The van der Waals surface area contributed by atoms with E-state index in [9.17, 15) is 4.79 Å². The monoisotopic (exact) mass is 319 g/mol. The number of nitrogens with zero attached hydrogens (tertiary/aromatic N) is 2. The molecule has 5 heteroatoms. The van der Waals surface area contributed by atoms with Gasteiger partial charge in [0.2, 0.25) is 0 Å². The lowest BCUT2D eigenvalue weighted by Gasteiger charge is -2.39. The molecule has 3 heterocycles. The Morgan fingerprint density at radius 3 is 2.87 bits per heavy atom. The fraction of sp³-hybridized carbons (Fsp3) is 0.722. The number of amides is 1. The molecule has 2 atom stereocenters. The number of hydrogen-bond donors (Lipinski definition) is 1. The van der Waals surface area contributed by atoms with E-state index in [2.05, 4.69) is 11.8 Å². The molecule has 1 aromatic rings. The molecule has 0 saturated carbocycles. The average Bonchev–Trinajstić information content (AvgIpc) is 3.06. The van der Waals surface area contributed by atoms with Crippen LogP contribution in [0.15, 0.2) is 16.5 Å². The standard InChI is InChI=1S/C18H29N3O2/c1-14-5-2-3-9-20(14)12-15-6-4-10-21(13-15)18(22)17-8-7-16(11-19)23-17/h7-8,14-15H,2-6,9-13,19H2,1H3/t14-,15-/m1/s1. The molecule has 5 nitrogen and oxygen atoms in total. The van der Waals surface area contributed by atoms with E-state index in [1.165, 1.54) is 32.2 Å². The van der Waals surface area contributed by atoms with Crippen LogP contribution in [0, 0.1) is 5.92 Å². The fourth-order valence-corrected chi connectivity index (χ4v) is 3.92. The number of piperidine rings is 2. The first-order chi connectivity index (χ1) is 11.2. The Balaban J connectivity index is 1.58. The summed E-state index contributed by atoms with van der Waals surface area (Å²) in [5.74, 6) is 1.69. The maximum absolute atomic E-state index is 12.6. The van der Waals surface area contributed by atoms with Crippen molar-refractivity contribution in [3.8, 4) is 0 Å². The minimum atomic E-state index is 0.0149. The zero-order chi connectivity index (χ0) is 16.2. The molecular formula is C18H29N3O2. The first-order valence-electron chi connectivity index (χ1n) is 8.99. The second kappa shape index (κ2) is 7.49. The Morgan fingerprint density at radius 2 is 2.13 bits per heavy atom. The van der Waals surface area contributed by atoms with Crippen LogP contribution in [0.5, 0.6) is 0 Å². The number of rotatable bonds is 4. The highest BCUT2D eigenvalue weighted by Crippen LogP contribution is 2.24. The molecule has 3 rings (SSSR count). The Morgan fingerprint density at radius 1 is 1.26 bits per heavy atom. The number of carbonyl (C=O) groups is 1. The highest BCUT2D eigenvalue weighted by atomic mass is 16.4. The first-order valence-corrected chi connectivity index (χ1v) is 8.99. The van der Waals surface area contributed by atoms with Gasteiger partial charge in [-0.3, -0.25) is 4.79 Å². The van der Waals surface area contributed by atoms with E-state index in [-0.39, 0.29) is 5.91 Å². The highest BCUT2D eigenvalue weighted by molar-refractivity contribution is 5.91. The molecule has 2 saturated heterocycles. The summed E-state index contributed by atoms with van der Waals surface area (Å²) in [5, 5.41) is 0. The molecule has 0 bridgehead atoms. The Bertz CT molecular complexity index is 528. The van der Waals surface area contributed by atoms with Crippen molar-refractivity contribution in [2.75, 3.05) is 26.2 Å². The van der Waals surface area contributed by atoms with Gasteiger partial charge >= 0.3 is 0 Å². The zero-order valence-corrected chi connectivity index (χ0v) is 14.2. The number of hydrogen-bond acceptors (Lipinski definition) is 4. The van der Waals surface area contributed by atoms with Crippen LogP contribution in [0.1, 0.15) is 55.3 Å². The topological polar surface area (TPSA) is 62.7 Å². The van der Waals surface area contributed by atoms with Crippen LogP contribution in [0.2, 0.25) is 0 Å². The summed E-state index contributed by atoms with van der Waals surface area (Å²) in [7, 11) is 0. The quantitative estimate of drug-likeness (QED) is 0.926.